The first-order valence-corrected chi connectivity index (χ1v) is 11.4. The van der Waals surface area contributed by atoms with E-state index in [9.17, 15) is 4.39 Å². The lowest BCUT2D eigenvalue weighted by Crippen LogP contribution is -2.36. The van der Waals surface area contributed by atoms with E-state index in [0.29, 0.717) is 5.56 Å². The number of fused-ring (bicyclic) bond motifs is 2. The van der Waals surface area contributed by atoms with E-state index >= 15 is 0 Å². The molecule has 8 heteroatoms. The van der Waals surface area contributed by atoms with Crippen LogP contribution in [0.25, 0.3) is 23.3 Å². The first kappa shape index (κ1) is 19.0. The predicted octanol–water partition coefficient (Wildman–Crippen LogP) is 7.91. The molecule has 0 N–H and O–H groups in total. The number of rotatable bonds is 0. The minimum Gasteiger partial charge on any atom is -0.342 e. The summed E-state index contributed by atoms with van der Waals surface area (Å²) in [4.78, 5) is 6.35. The van der Waals surface area contributed by atoms with Crippen molar-refractivity contribution < 1.29 is 9.11 Å². The SMILES string of the molecule is C=C1c2sccc2C(F)=CN1C(C)(C)C.C=C1c2sccc2C=CN1C(C)(C)C.[3H]F.[3H]P([3H])[3H].[3H][P+]([3H])([3H])[3H]. The third-order valence-electron chi connectivity index (χ3n) is 4.82. The largest absolute Gasteiger partial charge is 0.342 e. The first-order valence-electron chi connectivity index (χ1n) is 13.1. The summed E-state index contributed by atoms with van der Waals surface area (Å²) < 4.78 is 68.9. The van der Waals surface area contributed by atoms with Crippen molar-refractivity contribution in [3.8, 4) is 0 Å². The van der Waals surface area contributed by atoms with Gasteiger partial charge in [0.25, 0.3) is 6.57 Å². The first-order chi connectivity index (χ1) is 18.1. The maximum Gasteiger partial charge on any atom is 0.269 e. The van der Waals surface area contributed by atoms with E-state index in [0.717, 1.165) is 16.3 Å². The maximum absolute atomic E-state index is 13.7. The molecule has 178 valence electrons. The average Bonchev–Trinajstić information content (AvgIpc) is 3.46. The summed E-state index contributed by atoms with van der Waals surface area (Å²) in [5.41, 5.74) is 3.93. The van der Waals surface area contributed by atoms with Gasteiger partial charge in [-0.3, -0.25) is 4.72 Å². The molecule has 0 unspecified atom stereocenters. The van der Waals surface area contributed by atoms with Gasteiger partial charge in [0.1, 0.15) is 5.83 Å². The van der Waals surface area contributed by atoms with Crippen molar-refractivity contribution in [3.05, 3.63) is 69.3 Å². The highest BCUT2D eigenvalue weighted by atomic mass is 32.1. The molecule has 0 fully saturated rings. The summed E-state index contributed by atoms with van der Waals surface area (Å²) in [5.74, 6) is -0.173. The van der Waals surface area contributed by atoms with Gasteiger partial charge in [0.2, 0.25) is 0 Å². The molecular formula is C24H37F2N2P2S2+. The normalized spacial score (nSPS) is 18.1. The topological polar surface area (TPSA) is 6.48 Å². The Morgan fingerprint density at radius 3 is 2.09 bits per heavy atom. The molecule has 0 saturated carbocycles. The second kappa shape index (κ2) is 11.2. The molecule has 4 heterocycles. The van der Waals surface area contributed by atoms with Gasteiger partial charge in [-0.2, -0.15) is 9.73 Å². The van der Waals surface area contributed by atoms with Crippen LogP contribution < -0.4 is 0 Å². The van der Waals surface area contributed by atoms with Gasteiger partial charge in [-0.15, -0.1) is 22.7 Å². The third-order valence-corrected chi connectivity index (χ3v) is 6.76. The molecule has 0 aliphatic carbocycles. The van der Waals surface area contributed by atoms with Gasteiger partial charge in [-0.05, 0) is 85.8 Å². The second-order valence-corrected chi connectivity index (χ2v) is 11.0. The van der Waals surface area contributed by atoms with Crippen molar-refractivity contribution in [3.63, 3.8) is 0 Å². The Morgan fingerprint density at radius 2 is 1.53 bits per heavy atom. The number of halogens is 2. The standard InChI is InChI=1S/C12H14FNS.C12H15NS.FH.2H3P/c1-8-11-9(5-6-15-11)10(13)7-14(8)12(2,3)4;1-9-11-10(6-8-14-11)5-7-13(9)12(2,3)4;;;/h5-7H,1H2,2-4H3;5-8H,1H2,2-4H3;1H;2*1H3/p+1/i;;;2*1T3/hT2. The molecule has 0 saturated heterocycles. The molecule has 0 radical (unpaired) electrons. The van der Waals surface area contributed by atoms with Crippen LogP contribution in [0.4, 0.5) is 9.11 Å². The monoisotopic (exact) mass is 533 g/mol. The minimum absolute atomic E-state index is 0.106. The highest BCUT2D eigenvalue weighted by Gasteiger charge is 2.29. The number of thiophene rings is 2. The lowest BCUT2D eigenvalue weighted by molar-refractivity contribution is 0.294. The zero-order chi connectivity index (χ0) is 31.6. The Labute approximate surface area is 216 Å². The zero-order valence-electron chi connectivity index (χ0n) is 27.3. The summed E-state index contributed by atoms with van der Waals surface area (Å²) in [6, 6.07) is 3.94. The minimum atomic E-state index is -3.39. The average molecular weight is 534 g/mol. The lowest BCUT2D eigenvalue weighted by atomic mass is 10.0. The summed E-state index contributed by atoms with van der Waals surface area (Å²) >= 11 is 3.30. The third kappa shape index (κ3) is 6.17. The Bertz CT molecular complexity index is 1160. The van der Waals surface area contributed by atoms with E-state index < -0.39 is 19.4 Å². The van der Waals surface area contributed by atoms with Crippen LogP contribution in [-0.2, 0) is 0 Å². The van der Waals surface area contributed by atoms with Gasteiger partial charge in [-0.1, -0.05) is 13.2 Å². The van der Waals surface area contributed by atoms with E-state index in [2.05, 4.69) is 64.0 Å². The molecule has 0 bridgehead atoms. The predicted molar refractivity (Wildman–Crippen MR) is 154 cm³/mol. The van der Waals surface area contributed by atoms with Crippen LogP contribution >= 0.6 is 42.1 Å². The zero-order valence-corrected chi connectivity index (χ0v) is 22.7. The van der Waals surface area contributed by atoms with Crippen LogP contribution in [0.3, 0.4) is 0 Å². The van der Waals surface area contributed by atoms with Crippen molar-refractivity contribution in [2.24, 2.45) is 0 Å². The molecule has 32 heavy (non-hydrogen) atoms. The summed E-state index contributed by atoms with van der Waals surface area (Å²) in [6.07, 6.45) is 5.82. The second-order valence-electron chi connectivity index (χ2n) is 9.14. The molecule has 2 aliphatic heterocycles. The van der Waals surface area contributed by atoms with Gasteiger partial charge >= 0.3 is 0 Å². The molecular weight excluding hydrogens is 480 g/mol. The number of nitrogens with zero attached hydrogens (tertiary/aromatic N) is 2. The van der Waals surface area contributed by atoms with E-state index in [-0.39, 0.29) is 16.9 Å². The van der Waals surface area contributed by atoms with E-state index in [1.165, 1.54) is 28.0 Å². The van der Waals surface area contributed by atoms with Crippen molar-refractivity contribution in [2.45, 2.75) is 52.6 Å². The van der Waals surface area contributed by atoms with Crippen LogP contribution in [0.5, 0.6) is 0 Å². The Morgan fingerprint density at radius 1 is 1.03 bits per heavy atom. The van der Waals surface area contributed by atoms with Gasteiger partial charge in [0.15, 0.2) is 0 Å². The molecule has 2 aliphatic rings. The molecule has 2 aromatic rings. The summed E-state index contributed by atoms with van der Waals surface area (Å²) in [6.45, 7) is 20.9. The van der Waals surface area contributed by atoms with Crippen molar-refractivity contribution in [2.75, 3.05) is 0 Å². The van der Waals surface area contributed by atoms with Gasteiger partial charge in [0, 0.05) is 29.0 Å². The maximum atomic E-state index is 13.7. The molecule has 4 rings (SSSR count). The van der Waals surface area contributed by atoms with Crippen LogP contribution in [-0.4, -0.2) is 31.3 Å². The van der Waals surface area contributed by atoms with Crippen LogP contribution in [0, 0.1) is 0 Å². The van der Waals surface area contributed by atoms with E-state index in [4.69, 9.17) is 13.7 Å². The highest BCUT2D eigenvalue weighted by molar-refractivity contribution is 7.11. The molecule has 2 nitrogen and oxygen atoms in total. The fourth-order valence-corrected chi connectivity index (χ4v) is 5.08. The number of hydrogen-bond acceptors (Lipinski definition) is 4. The summed E-state index contributed by atoms with van der Waals surface area (Å²) in [7, 11) is -5.26. The fourth-order valence-electron chi connectivity index (χ4n) is 3.36. The lowest BCUT2D eigenvalue weighted by Gasteiger charge is -2.38. The quantitative estimate of drug-likeness (QED) is 0.318. The Balaban J connectivity index is 0.000000562. The van der Waals surface area contributed by atoms with Crippen LogP contribution in [0.2, 0.25) is 0 Å². The van der Waals surface area contributed by atoms with Crippen molar-refractivity contribution in [1.82, 2.24) is 9.80 Å². The molecule has 0 atom stereocenters. The Kier molecular flexibility index (Phi) is 6.66. The van der Waals surface area contributed by atoms with Crippen molar-refractivity contribution in [1.29, 1.82) is 10.4 Å². The van der Waals surface area contributed by atoms with Crippen LogP contribution in [0.1, 0.15) is 62.4 Å². The number of hydrogen-bond donors (Lipinski definition) is 0. The molecule has 2 aromatic heterocycles. The Hall–Kier alpha value is -1.32. The van der Waals surface area contributed by atoms with Gasteiger partial charge in [-0.25, -0.2) is 4.39 Å². The fraction of sp³-hybridized carbons (Fsp3) is 0.333. The van der Waals surface area contributed by atoms with Crippen molar-refractivity contribution >= 4 is 65.4 Å². The van der Waals surface area contributed by atoms with Gasteiger partial charge < -0.3 is 9.80 Å². The van der Waals surface area contributed by atoms with Crippen LogP contribution in [0.15, 0.2) is 48.5 Å². The highest BCUT2D eigenvalue weighted by Crippen LogP contribution is 2.40. The summed E-state index contributed by atoms with van der Waals surface area (Å²) in [5, 5.41) is 4.02. The smallest absolute Gasteiger partial charge is 0.269 e. The van der Waals surface area contributed by atoms with Gasteiger partial charge in [0.05, 0.1) is 25.0 Å². The van der Waals surface area contributed by atoms with E-state index in [1.54, 1.807) is 17.4 Å². The molecule has 0 spiro atoms. The van der Waals surface area contributed by atoms with E-state index in [1.807, 2.05) is 31.1 Å². The molecule has 0 amide bonds. The molecule has 0 aromatic carbocycles.